The normalized spacial score (nSPS) is 22.5. The summed E-state index contributed by atoms with van der Waals surface area (Å²) in [5.41, 5.74) is 0. The zero-order valence-electron chi connectivity index (χ0n) is 8.70. The summed E-state index contributed by atoms with van der Waals surface area (Å²) in [5, 5.41) is 0. The zero-order chi connectivity index (χ0) is 9.97. The van der Waals surface area contributed by atoms with Crippen LogP contribution in [0.3, 0.4) is 0 Å². The Hall–Kier alpha value is -1.06. The van der Waals surface area contributed by atoms with Gasteiger partial charge in [0.15, 0.2) is 0 Å². The molecule has 0 unspecified atom stereocenters. The van der Waals surface area contributed by atoms with Gasteiger partial charge in [-0.05, 0) is 19.3 Å². The van der Waals surface area contributed by atoms with E-state index in [4.69, 9.17) is 0 Å². The van der Waals surface area contributed by atoms with E-state index >= 15 is 0 Å². The first-order chi connectivity index (χ1) is 6.79. The predicted molar refractivity (Wildman–Crippen MR) is 55.1 cm³/mol. The number of guanidine groups is 1. The highest BCUT2D eigenvalue weighted by Gasteiger charge is 2.26. The summed E-state index contributed by atoms with van der Waals surface area (Å²) in [6, 6.07) is 0. The summed E-state index contributed by atoms with van der Waals surface area (Å²) in [7, 11) is 0. The van der Waals surface area contributed by atoms with Gasteiger partial charge in [0, 0.05) is 26.6 Å². The Morgan fingerprint density at radius 3 is 2.57 bits per heavy atom. The second kappa shape index (κ2) is 3.98. The molecule has 78 valence electrons. The molecule has 1 saturated heterocycles. The molecule has 0 aliphatic carbocycles. The van der Waals surface area contributed by atoms with Crippen molar-refractivity contribution in [3.63, 3.8) is 0 Å². The lowest BCUT2D eigenvalue weighted by Gasteiger charge is -2.32. The van der Waals surface area contributed by atoms with Crippen LogP contribution in [0.2, 0.25) is 0 Å². The first-order valence-corrected chi connectivity index (χ1v) is 5.36. The number of nitrogens with zero attached hydrogens (tertiary/aromatic N) is 3. The number of rotatable bonds is 0. The number of likely N-dealkylation sites (tertiary alicyclic amines) is 1. The molecule has 1 amide bonds. The van der Waals surface area contributed by atoms with E-state index < -0.39 is 0 Å². The minimum absolute atomic E-state index is 0.117. The van der Waals surface area contributed by atoms with Crippen molar-refractivity contribution in [1.29, 1.82) is 0 Å². The van der Waals surface area contributed by atoms with Gasteiger partial charge < -0.3 is 4.90 Å². The molecule has 14 heavy (non-hydrogen) atoms. The van der Waals surface area contributed by atoms with E-state index in [9.17, 15) is 4.79 Å². The van der Waals surface area contributed by atoms with Crippen molar-refractivity contribution in [3.05, 3.63) is 0 Å². The molecule has 0 atom stereocenters. The fraction of sp³-hybridized carbons (Fsp3) is 0.800. The lowest BCUT2D eigenvalue weighted by molar-refractivity contribution is -0.125. The van der Waals surface area contributed by atoms with Crippen LogP contribution in [0.4, 0.5) is 0 Å². The van der Waals surface area contributed by atoms with Gasteiger partial charge in [-0.3, -0.25) is 14.7 Å². The van der Waals surface area contributed by atoms with Gasteiger partial charge in [-0.25, -0.2) is 0 Å². The van der Waals surface area contributed by atoms with Crippen LogP contribution < -0.4 is 0 Å². The Morgan fingerprint density at radius 1 is 1.21 bits per heavy atom. The molecule has 2 aliphatic rings. The fourth-order valence-corrected chi connectivity index (χ4v) is 2.10. The van der Waals surface area contributed by atoms with E-state index in [1.54, 1.807) is 11.8 Å². The molecule has 0 aromatic rings. The molecule has 1 fully saturated rings. The molecular weight excluding hydrogens is 178 g/mol. The first-order valence-electron chi connectivity index (χ1n) is 5.36. The van der Waals surface area contributed by atoms with Crippen molar-refractivity contribution in [3.8, 4) is 0 Å². The van der Waals surface area contributed by atoms with Crippen molar-refractivity contribution < 1.29 is 4.79 Å². The molecule has 0 bridgehead atoms. The maximum absolute atomic E-state index is 11.3. The van der Waals surface area contributed by atoms with Gasteiger partial charge in [0.05, 0.1) is 6.54 Å². The molecule has 0 N–H and O–H groups in total. The van der Waals surface area contributed by atoms with Crippen molar-refractivity contribution in [2.24, 2.45) is 4.99 Å². The minimum Gasteiger partial charge on any atom is -0.342 e. The number of hydrogen-bond acceptors (Lipinski definition) is 3. The number of hydrogen-bond donors (Lipinski definition) is 0. The monoisotopic (exact) mass is 195 g/mol. The van der Waals surface area contributed by atoms with Crippen LogP contribution in [-0.2, 0) is 4.79 Å². The number of piperidine rings is 1. The topological polar surface area (TPSA) is 35.9 Å². The van der Waals surface area contributed by atoms with Gasteiger partial charge in [-0.2, -0.15) is 0 Å². The number of carbonyl (C=O) groups is 1. The van der Waals surface area contributed by atoms with Gasteiger partial charge in [0.1, 0.15) is 0 Å². The van der Waals surface area contributed by atoms with Gasteiger partial charge in [-0.15, -0.1) is 0 Å². The molecule has 0 aromatic heterocycles. The fourth-order valence-electron chi connectivity index (χ4n) is 2.10. The average Bonchev–Trinajstić information content (AvgIpc) is 2.67. The van der Waals surface area contributed by atoms with E-state index in [-0.39, 0.29) is 5.91 Å². The highest BCUT2D eigenvalue weighted by molar-refractivity contribution is 5.97. The average molecular weight is 195 g/mol. The molecule has 0 aromatic carbocycles. The van der Waals surface area contributed by atoms with E-state index in [1.165, 1.54) is 19.3 Å². The Labute approximate surface area is 84.6 Å². The summed E-state index contributed by atoms with van der Waals surface area (Å²) < 4.78 is 0. The zero-order valence-corrected chi connectivity index (χ0v) is 8.70. The van der Waals surface area contributed by atoms with E-state index in [1.807, 2.05) is 0 Å². The van der Waals surface area contributed by atoms with Gasteiger partial charge >= 0.3 is 0 Å². The maximum atomic E-state index is 11.3. The smallest absolute Gasteiger partial charge is 0.226 e. The molecule has 2 aliphatic heterocycles. The minimum atomic E-state index is 0.117. The first kappa shape index (κ1) is 9.49. The summed E-state index contributed by atoms with van der Waals surface area (Å²) in [5.74, 6) is 1.03. The molecule has 4 heteroatoms. The molecular formula is C10H17N3O. The Balaban J connectivity index is 2.04. The Bertz CT molecular complexity index is 256. The van der Waals surface area contributed by atoms with Crippen molar-refractivity contribution in [1.82, 2.24) is 9.80 Å². The summed E-state index contributed by atoms with van der Waals surface area (Å²) in [4.78, 5) is 19.8. The SMILES string of the molecule is CC(=O)N1CCN=C1N1CCCCC1. The molecule has 2 rings (SSSR count). The quantitative estimate of drug-likeness (QED) is 0.570. The third-order valence-corrected chi connectivity index (χ3v) is 2.84. The largest absolute Gasteiger partial charge is 0.342 e. The number of carbonyl (C=O) groups excluding carboxylic acids is 1. The van der Waals surface area contributed by atoms with Crippen LogP contribution in [0.5, 0.6) is 0 Å². The second-order valence-electron chi connectivity index (χ2n) is 3.90. The Morgan fingerprint density at radius 2 is 1.93 bits per heavy atom. The van der Waals surface area contributed by atoms with Gasteiger partial charge in [0.25, 0.3) is 0 Å². The molecule has 0 radical (unpaired) electrons. The lowest BCUT2D eigenvalue weighted by atomic mass is 10.1. The third kappa shape index (κ3) is 1.74. The van der Waals surface area contributed by atoms with Gasteiger partial charge in [-0.1, -0.05) is 0 Å². The predicted octanol–water partition coefficient (Wildman–Crippen LogP) is 0.690. The van der Waals surface area contributed by atoms with Gasteiger partial charge in [0.2, 0.25) is 11.9 Å². The van der Waals surface area contributed by atoms with Crippen LogP contribution in [0.15, 0.2) is 4.99 Å². The van der Waals surface area contributed by atoms with E-state index in [0.29, 0.717) is 0 Å². The highest BCUT2D eigenvalue weighted by atomic mass is 16.2. The summed E-state index contributed by atoms with van der Waals surface area (Å²) in [6.45, 7) is 5.27. The van der Waals surface area contributed by atoms with Crippen molar-refractivity contribution in [2.75, 3.05) is 26.2 Å². The molecule has 4 nitrogen and oxygen atoms in total. The van der Waals surface area contributed by atoms with E-state index in [2.05, 4.69) is 9.89 Å². The maximum Gasteiger partial charge on any atom is 0.226 e. The molecule has 2 heterocycles. The van der Waals surface area contributed by atoms with Crippen LogP contribution >= 0.6 is 0 Å². The van der Waals surface area contributed by atoms with Crippen LogP contribution in [0.1, 0.15) is 26.2 Å². The number of aliphatic imine (C=N–C) groups is 1. The van der Waals surface area contributed by atoms with Crippen LogP contribution in [-0.4, -0.2) is 47.8 Å². The van der Waals surface area contributed by atoms with Crippen LogP contribution in [0, 0.1) is 0 Å². The Kier molecular flexibility index (Phi) is 2.70. The third-order valence-electron chi connectivity index (χ3n) is 2.84. The molecule has 0 saturated carbocycles. The van der Waals surface area contributed by atoms with Crippen molar-refractivity contribution in [2.45, 2.75) is 26.2 Å². The highest BCUT2D eigenvalue weighted by Crippen LogP contribution is 2.14. The van der Waals surface area contributed by atoms with Crippen LogP contribution in [0.25, 0.3) is 0 Å². The molecule has 0 spiro atoms. The number of amides is 1. The lowest BCUT2D eigenvalue weighted by Crippen LogP contribution is -2.46. The van der Waals surface area contributed by atoms with E-state index in [0.717, 1.165) is 32.1 Å². The second-order valence-corrected chi connectivity index (χ2v) is 3.90. The summed E-state index contributed by atoms with van der Waals surface area (Å²) >= 11 is 0. The summed E-state index contributed by atoms with van der Waals surface area (Å²) in [6.07, 6.45) is 3.76. The standard InChI is InChI=1S/C10H17N3O/c1-9(14)13-8-5-11-10(13)12-6-3-2-4-7-12/h2-8H2,1H3. The van der Waals surface area contributed by atoms with Crippen molar-refractivity contribution >= 4 is 11.9 Å².